The molecule has 1 saturated heterocycles. The summed E-state index contributed by atoms with van der Waals surface area (Å²) in [6.45, 7) is 2.00. The molecule has 1 N–H and O–H groups in total. The van der Waals surface area contributed by atoms with E-state index in [1.807, 2.05) is 12.1 Å². The molecule has 1 aromatic rings. The summed E-state index contributed by atoms with van der Waals surface area (Å²) in [5.74, 6) is 0.0700. The summed E-state index contributed by atoms with van der Waals surface area (Å²) in [6.07, 6.45) is 3.41. The number of amides is 2. The Balaban J connectivity index is 1.92. The van der Waals surface area contributed by atoms with Crippen LogP contribution >= 0.6 is 0 Å². The van der Waals surface area contributed by atoms with Crippen LogP contribution in [0.4, 0.5) is 5.69 Å². The first-order valence-corrected chi connectivity index (χ1v) is 7.40. The first-order valence-electron chi connectivity index (χ1n) is 7.40. The quantitative estimate of drug-likeness (QED) is 0.815. The van der Waals surface area contributed by atoms with Gasteiger partial charge in [0.1, 0.15) is 0 Å². The van der Waals surface area contributed by atoms with Gasteiger partial charge in [-0.2, -0.15) is 0 Å². The summed E-state index contributed by atoms with van der Waals surface area (Å²) in [6, 6.07) is 7.21. The molecule has 1 aliphatic rings. The van der Waals surface area contributed by atoms with Crippen LogP contribution in [-0.4, -0.2) is 38.6 Å². The molecular formula is C16H22N2O3. The molecule has 0 unspecified atom stereocenters. The molecule has 5 nitrogen and oxygen atoms in total. The number of nitrogens with zero attached hydrogens (tertiary/aromatic N) is 1. The minimum atomic E-state index is -0.0948. The predicted octanol–water partition coefficient (Wildman–Crippen LogP) is 1.97. The third-order valence-corrected chi connectivity index (χ3v) is 3.58. The average Bonchev–Trinajstić information content (AvgIpc) is 2.52. The number of methoxy groups -OCH3 is 1. The molecule has 2 amide bonds. The molecule has 1 heterocycles. The van der Waals surface area contributed by atoms with E-state index in [-0.39, 0.29) is 11.8 Å². The Labute approximate surface area is 125 Å². The third kappa shape index (κ3) is 4.29. The van der Waals surface area contributed by atoms with E-state index in [0.717, 1.165) is 31.5 Å². The number of hydrogen-bond donors (Lipinski definition) is 1. The van der Waals surface area contributed by atoms with Crippen molar-refractivity contribution in [1.82, 2.24) is 5.32 Å². The van der Waals surface area contributed by atoms with Gasteiger partial charge in [0, 0.05) is 44.5 Å². The fraction of sp³-hybridized carbons (Fsp3) is 0.500. The molecule has 0 saturated carbocycles. The molecule has 114 valence electrons. The molecule has 0 radical (unpaired) electrons. The number of ether oxygens (including phenoxy) is 1. The highest BCUT2D eigenvalue weighted by atomic mass is 16.5. The fourth-order valence-electron chi connectivity index (χ4n) is 2.39. The number of benzene rings is 1. The Hall–Kier alpha value is -1.88. The highest BCUT2D eigenvalue weighted by Gasteiger charge is 2.19. The lowest BCUT2D eigenvalue weighted by Crippen LogP contribution is -2.35. The Bertz CT molecular complexity index is 485. The monoisotopic (exact) mass is 290 g/mol. The predicted molar refractivity (Wildman–Crippen MR) is 81.5 cm³/mol. The summed E-state index contributed by atoms with van der Waals surface area (Å²) in [7, 11) is 1.64. The first kappa shape index (κ1) is 15.5. The van der Waals surface area contributed by atoms with Crippen molar-refractivity contribution in [3.05, 3.63) is 29.8 Å². The van der Waals surface area contributed by atoms with Crippen molar-refractivity contribution < 1.29 is 14.3 Å². The van der Waals surface area contributed by atoms with Crippen LogP contribution < -0.4 is 10.2 Å². The molecule has 5 heteroatoms. The molecule has 21 heavy (non-hydrogen) atoms. The van der Waals surface area contributed by atoms with E-state index < -0.39 is 0 Å². The molecule has 1 aromatic carbocycles. The van der Waals surface area contributed by atoms with Crippen LogP contribution in [0.15, 0.2) is 24.3 Å². The Morgan fingerprint density at radius 3 is 2.71 bits per heavy atom. The zero-order chi connectivity index (χ0) is 15.1. The summed E-state index contributed by atoms with van der Waals surface area (Å²) in [4.78, 5) is 25.6. The SMILES string of the molecule is COCCCNC(=O)c1ccc(N2CCCCC2=O)cc1. The molecule has 1 aliphatic heterocycles. The average molecular weight is 290 g/mol. The second-order valence-corrected chi connectivity index (χ2v) is 5.15. The largest absolute Gasteiger partial charge is 0.385 e. The van der Waals surface area contributed by atoms with Crippen molar-refractivity contribution in [3.8, 4) is 0 Å². The molecule has 1 fully saturated rings. The van der Waals surface area contributed by atoms with E-state index in [2.05, 4.69) is 5.32 Å². The number of anilines is 1. The summed E-state index contributed by atoms with van der Waals surface area (Å²) < 4.78 is 4.93. The van der Waals surface area contributed by atoms with Crippen LogP contribution in [-0.2, 0) is 9.53 Å². The van der Waals surface area contributed by atoms with E-state index in [1.165, 1.54) is 0 Å². The van der Waals surface area contributed by atoms with E-state index in [0.29, 0.717) is 25.1 Å². The normalized spacial score (nSPS) is 15.1. The molecule has 0 spiro atoms. The van der Waals surface area contributed by atoms with E-state index in [4.69, 9.17) is 4.74 Å². The minimum absolute atomic E-state index is 0.0948. The van der Waals surface area contributed by atoms with Gasteiger partial charge in [-0.15, -0.1) is 0 Å². The van der Waals surface area contributed by atoms with Gasteiger partial charge in [-0.25, -0.2) is 0 Å². The lowest BCUT2D eigenvalue weighted by atomic mass is 10.1. The topological polar surface area (TPSA) is 58.6 Å². The van der Waals surface area contributed by atoms with Gasteiger partial charge in [-0.1, -0.05) is 0 Å². The fourth-order valence-corrected chi connectivity index (χ4v) is 2.39. The highest BCUT2D eigenvalue weighted by molar-refractivity contribution is 5.96. The summed E-state index contributed by atoms with van der Waals surface area (Å²) in [5, 5.41) is 2.84. The van der Waals surface area contributed by atoms with Gasteiger partial charge in [0.25, 0.3) is 5.91 Å². The van der Waals surface area contributed by atoms with Gasteiger partial charge in [0.2, 0.25) is 5.91 Å². The second kappa shape index (κ2) is 7.78. The van der Waals surface area contributed by atoms with Crippen molar-refractivity contribution in [3.63, 3.8) is 0 Å². The van der Waals surface area contributed by atoms with Gasteiger partial charge in [0.05, 0.1) is 0 Å². The standard InChI is InChI=1S/C16H22N2O3/c1-21-12-4-10-17-16(20)13-6-8-14(9-7-13)18-11-3-2-5-15(18)19/h6-9H,2-5,10-12H2,1H3,(H,17,20). The maximum atomic E-state index is 11.9. The number of hydrogen-bond acceptors (Lipinski definition) is 3. The lowest BCUT2D eigenvalue weighted by molar-refractivity contribution is -0.119. The van der Waals surface area contributed by atoms with E-state index >= 15 is 0 Å². The maximum Gasteiger partial charge on any atom is 0.251 e. The Morgan fingerprint density at radius 1 is 1.29 bits per heavy atom. The maximum absolute atomic E-state index is 11.9. The van der Waals surface area contributed by atoms with Crippen LogP contribution in [0, 0.1) is 0 Å². The van der Waals surface area contributed by atoms with Crippen LogP contribution in [0.1, 0.15) is 36.0 Å². The number of piperidine rings is 1. The first-order chi connectivity index (χ1) is 10.2. The molecule has 0 bridgehead atoms. The molecular weight excluding hydrogens is 268 g/mol. The Morgan fingerprint density at radius 2 is 2.05 bits per heavy atom. The number of carbonyl (C=O) groups is 2. The zero-order valence-corrected chi connectivity index (χ0v) is 12.4. The van der Waals surface area contributed by atoms with Gasteiger partial charge in [-0.3, -0.25) is 9.59 Å². The smallest absolute Gasteiger partial charge is 0.251 e. The van der Waals surface area contributed by atoms with Crippen molar-refractivity contribution >= 4 is 17.5 Å². The van der Waals surface area contributed by atoms with Crippen LogP contribution in [0.5, 0.6) is 0 Å². The third-order valence-electron chi connectivity index (χ3n) is 3.58. The second-order valence-electron chi connectivity index (χ2n) is 5.15. The number of nitrogens with one attached hydrogen (secondary N) is 1. The minimum Gasteiger partial charge on any atom is -0.385 e. The van der Waals surface area contributed by atoms with Crippen LogP contribution in [0.2, 0.25) is 0 Å². The molecule has 0 aromatic heterocycles. The van der Waals surface area contributed by atoms with Crippen LogP contribution in [0.3, 0.4) is 0 Å². The van der Waals surface area contributed by atoms with Crippen molar-refractivity contribution in [2.45, 2.75) is 25.7 Å². The van der Waals surface area contributed by atoms with E-state index in [9.17, 15) is 9.59 Å². The van der Waals surface area contributed by atoms with Gasteiger partial charge in [0.15, 0.2) is 0 Å². The number of carbonyl (C=O) groups excluding carboxylic acids is 2. The zero-order valence-electron chi connectivity index (χ0n) is 12.4. The highest BCUT2D eigenvalue weighted by Crippen LogP contribution is 2.21. The summed E-state index contributed by atoms with van der Waals surface area (Å²) >= 11 is 0. The van der Waals surface area contributed by atoms with E-state index in [1.54, 1.807) is 24.1 Å². The van der Waals surface area contributed by atoms with Crippen molar-refractivity contribution in [2.75, 3.05) is 31.7 Å². The molecule has 2 rings (SSSR count). The van der Waals surface area contributed by atoms with Gasteiger partial charge >= 0.3 is 0 Å². The van der Waals surface area contributed by atoms with Crippen LogP contribution in [0.25, 0.3) is 0 Å². The van der Waals surface area contributed by atoms with Gasteiger partial charge < -0.3 is 15.0 Å². The van der Waals surface area contributed by atoms with Gasteiger partial charge in [-0.05, 0) is 43.5 Å². The number of rotatable bonds is 6. The molecule has 0 aliphatic carbocycles. The molecule has 0 atom stereocenters. The lowest BCUT2D eigenvalue weighted by Gasteiger charge is -2.26. The van der Waals surface area contributed by atoms with Crippen molar-refractivity contribution in [2.24, 2.45) is 0 Å². The Kier molecular flexibility index (Phi) is 5.75. The summed E-state index contributed by atoms with van der Waals surface area (Å²) in [5.41, 5.74) is 1.48. The van der Waals surface area contributed by atoms with Crippen molar-refractivity contribution in [1.29, 1.82) is 0 Å².